The quantitative estimate of drug-likeness (QED) is 0.456. The fraction of sp³-hybridized carbons (Fsp3) is 0.125. The smallest absolute Gasteiger partial charge is 0.170 e. The van der Waals surface area contributed by atoms with Gasteiger partial charge in [0.1, 0.15) is 23.2 Å². The number of carbonyl (C=O) groups excluding carboxylic acids is 1. The zero-order valence-corrected chi connectivity index (χ0v) is 15.3. The van der Waals surface area contributed by atoms with Gasteiger partial charge in [-0.15, -0.1) is 0 Å². The van der Waals surface area contributed by atoms with Crippen LogP contribution in [0.4, 0.5) is 0 Å². The summed E-state index contributed by atoms with van der Waals surface area (Å²) in [5.74, 6) is 1.42. The molecule has 0 aliphatic carbocycles. The van der Waals surface area contributed by atoms with Gasteiger partial charge in [0.25, 0.3) is 0 Å². The van der Waals surface area contributed by atoms with E-state index in [1.807, 2.05) is 66.7 Å². The van der Waals surface area contributed by atoms with E-state index in [9.17, 15) is 4.79 Å². The summed E-state index contributed by atoms with van der Waals surface area (Å²) in [6.45, 7) is 0. The van der Waals surface area contributed by atoms with Gasteiger partial charge in [0, 0.05) is 17.0 Å². The zero-order chi connectivity index (χ0) is 19.1. The Morgan fingerprint density at radius 2 is 1.75 bits per heavy atom. The number of fused-ring (bicyclic) bond motifs is 2. The normalized spacial score (nSPS) is 15.9. The number of benzene rings is 3. The minimum Gasteiger partial charge on any atom is -0.497 e. The number of hydrogen-bond donors (Lipinski definition) is 0. The second-order valence-electron chi connectivity index (χ2n) is 6.87. The average molecular weight is 370 g/mol. The maximum absolute atomic E-state index is 12.9. The van der Waals surface area contributed by atoms with Crippen molar-refractivity contribution < 1.29 is 18.7 Å². The minimum atomic E-state index is -0.313. The van der Waals surface area contributed by atoms with E-state index in [1.165, 1.54) is 0 Å². The van der Waals surface area contributed by atoms with Crippen molar-refractivity contribution >= 4 is 16.8 Å². The largest absolute Gasteiger partial charge is 0.497 e. The Hall–Kier alpha value is -3.53. The van der Waals surface area contributed by atoms with Gasteiger partial charge in [-0.2, -0.15) is 0 Å². The van der Waals surface area contributed by atoms with E-state index in [1.54, 1.807) is 13.4 Å². The molecule has 2 heterocycles. The third-order valence-electron chi connectivity index (χ3n) is 5.19. The average Bonchev–Trinajstić information content (AvgIpc) is 3.16. The first-order valence-electron chi connectivity index (χ1n) is 9.17. The van der Waals surface area contributed by atoms with Crippen molar-refractivity contribution in [1.29, 1.82) is 0 Å². The van der Waals surface area contributed by atoms with Gasteiger partial charge >= 0.3 is 0 Å². The molecule has 0 fully saturated rings. The van der Waals surface area contributed by atoms with Crippen molar-refractivity contribution in [2.75, 3.05) is 7.11 Å². The molecule has 28 heavy (non-hydrogen) atoms. The van der Waals surface area contributed by atoms with Crippen molar-refractivity contribution in [3.63, 3.8) is 0 Å². The van der Waals surface area contributed by atoms with E-state index in [0.29, 0.717) is 23.3 Å². The van der Waals surface area contributed by atoms with Crippen LogP contribution >= 0.6 is 0 Å². The second kappa shape index (κ2) is 6.57. The van der Waals surface area contributed by atoms with Gasteiger partial charge in [0.15, 0.2) is 5.78 Å². The van der Waals surface area contributed by atoms with Gasteiger partial charge in [-0.05, 0) is 29.3 Å². The first kappa shape index (κ1) is 16.6. The van der Waals surface area contributed by atoms with Crippen LogP contribution in [0.2, 0.25) is 0 Å². The number of rotatable bonds is 3. The maximum Gasteiger partial charge on any atom is 0.170 e. The lowest BCUT2D eigenvalue weighted by molar-refractivity contribution is 0.0850. The number of carbonyl (C=O) groups is 1. The maximum atomic E-state index is 12.9. The number of ketones is 1. The highest BCUT2D eigenvalue weighted by molar-refractivity contribution is 6.06. The molecule has 1 atom stereocenters. The van der Waals surface area contributed by atoms with E-state index in [0.717, 1.165) is 27.8 Å². The van der Waals surface area contributed by atoms with Crippen molar-refractivity contribution in [3.8, 4) is 22.6 Å². The summed E-state index contributed by atoms with van der Waals surface area (Å²) in [5.41, 5.74) is 4.30. The van der Waals surface area contributed by atoms with Gasteiger partial charge in [-0.1, -0.05) is 42.5 Å². The fourth-order valence-corrected chi connectivity index (χ4v) is 3.69. The molecule has 0 saturated heterocycles. The van der Waals surface area contributed by atoms with Crippen LogP contribution in [-0.4, -0.2) is 12.9 Å². The lowest BCUT2D eigenvalue weighted by Gasteiger charge is -2.25. The molecule has 3 aromatic carbocycles. The molecule has 0 amide bonds. The molecule has 4 nitrogen and oxygen atoms in total. The van der Waals surface area contributed by atoms with Crippen molar-refractivity contribution in [1.82, 2.24) is 0 Å². The summed E-state index contributed by atoms with van der Waals surface area (Å²) in [6, 6.07) is 21.3. The van der Waals surface area contributed by atoms with Gasteiger partial charge in [0.05, 0.1) is 25.4 Å². The standard InChI is InChI=1S/C24H18O4/c1-26-17-9-7-16(8-10-17)22-12-21(25)19-11-18-20(15-5-3-2-4-6-15)14-27-23(18)13-24(19)28-22/h2-11,13-14,22H,12H2,1H3. The number of furan rings is 1. The molecule has 0 bridgehead atoms. The topological polar surface area (TPSA) is 48.7 Å². The molecule has 0 spiro atoms. The van der Waals surface area contributed by atoms with Gasteiger partial charge < -0.3 is 13.9 Å². The predicted molar refractivity (Wildman–Crippen MR) is 107 cm³/mol. The molecule has 1 aliphatic heterocycles. The van der Waals surface area contributed by atoms with E-state index in [4.69, 9.17) is 13.9 Å². The monoisotopic (exact) mass is 370 g/mol. The Morgan fingerprint density at radius 1 is 0.964 bits per heavy atom. The highest BCUT2D eigenvalue weighted by Gasteiger charge is 2.29. The molecule has 5 rings (SSSR count). The van der Waals surface area contributed by atoms with E-state index in [2.05, 4.69) is 0 Å². The van der Waals surface area contributed by atoms with Crippen molar-refractivity contribution in [3.05, 3.63) is 84.1 Å². The molecule has 0 N–H and O–H groups in total. The summed E-state index contributed by atoms with van der Waals surface area (Å²) in [5, 5.41) is 0.921. The molecule has 1 unspecified atom stereocenters. The molecule has 4 aromatic rings. The van der Waals surface area contributed by atoms with Crippen LogP contribution in [0.3, 0.4) is 0 Å². The number of Topliss-reactive ketones (excluding diaryl/α,β-unsaturated/α-hetero) is 1. The Bertz CT molecular complexity index is 1160. The molecule has 0 saturated carbocycles. The van der Waals surface area contributed by atoms with Crippen LogP contribution in [-0.2, 0) is 0 Å². The van der Waals surface area contributed by atoms with Crippen LogP contribution in [0.15, 0.2) is 77.4 Å². The molecule has 4 heteroatoms. The van der Waals surface area contributed by atoms with E-state index >= 15 is 0 Å². The number of methoxy groups -OCH3 is 1. The summed E-state index contributed by atoms with van der Waals surface area (Å²) in [6.07, 6.45) is 1.73. The summed E-state index contributed by atoms with van der Waals surface area (Å²) < 4.78 is 17.1. The summed E-state index contributed by atoms with van der Waals surface area (Å²) in [4.78, 5) is 12.9. The first-order chi connectivity index (χ1) is 13.7. The molecule has 138 valence electrons. The summed E-state index contributed by atoms with van der Waals surface area (Å²) >= 11 is 0. The fourth-order valence-electron chi connectivity index (χ4n) is 3.69. The summed E-state index contributed by atoms with van der Waals surface area (Å²) in [7, 11) is 1.63. The Kier molecular flexibility index (Phi) is 3.90. The lowest BCUT2D eigenvalue weighted by Crippen LogP contribution is -2.20. The molecular formula is C24H18O4. The molecule has 1 aromatic heterocycles. The van der Waals surface area contributed by atoms with E-state index in [-0.39, 0.29) is 11.9 Å². The lowest BCUT2D eigenvalue weighted by atomic mass is 9.94. The molecule has 0 radical (unpaired) electrons. The third kappa shape index (κ3) is 2.74. The SMILES string of the molecule is COc1ccc(C2CC(=O)c3cc4c(-c5ccccc5)coc4cc3O2)cc1. The zero-order valence-electron chi connectivity index (χ0n) is 15.3. The molecule has 1 aliphatic rings. The van der Waals surface area contributed by atoms with Crippen LogP contribution in [0.5, 0.6) is 11.5 Å². The Morgan fingerprint density at radius 3 is 2.50 bits per heavy atom. The van der Waals surface area contributed by atoms with Crippen LogP contribution < -0.4 is 9.47 Å². The Balaban J connectivity index is 1.54. The van der Waals surface area contributed by atoms with Gasteiger partial charge in [-0.25, -0.2) is 0 Å². The number of hydrogen-bond acceptors (Lipinski definition) is 4. The van der Waals surface area contributed by atoms with Crippen LogP contribution in [0.1, 0.15) is 28.4 Å². The van der Waals surface area contributed by atoms with E-state index < -0.39 is 0 Å². The van der Waals surface area contributed by atoms with Crippen molar-refractivity contribution in [2.24, 2.45) is 0 Å². The van der Waals surface area contributed by atoms with Gasteiger partial charge in [-0.3, -0.25) is 4.79 Å². The highest BCUT2D eigenvalue weighted by atomic mass is 16.5. The first-order valence-corrected chi connectivity index (χ1v) is 9.17. The van der Waals surface area contributed by atoms with Crippen LogP contribution in [0, 0.1) is 0 Å². The third-order valence-corrected chi connectivity index (χ3v) is 5.19. The Labute approximate surface area is 162 Å². The molecular weight excluding hydrogens is 352 g/mol. The predicted octanol–water partition coefficient (Wildman–Crippen LogP) is 5.81. The van der Waals surface area contributed by atoms with Gasteiger partial charge in [0.2, 0.25) is 0 Å². The highest BCUT2D eigenvalue weighted by Crippen LogP contribution is 2.40. The van der Waals surface area contributed by atoms with Crippen molar-refractivity contribution in [2.45, 2.75) is 12.5 Å². The minimum absolute atomic E-state index is 0.0733. The van der Waals surface area contributed by atoms with Crippen LogP contribution in [0.25, 0.3) is 22.1 Å². The second-order valence-corrected chi connectivity index (χ2v) is 6.87. The number of ether oxygens (including phenoxy) is 2.